The van der Waals surface area contributed by atoms with E-state index in [4.69, 9.17) is 9.05 Å². The van der Waals surface area contributed by atoms with Crippen LogP contribution >= 0.6 is 7.82 Å². The monoisotopic (exact) mass is 979 g/mol. The minimum atomic E-state index is -4.60. The molecule has 1 amide bonds. The van der Waals surface area contributed by atoms with Crippen LogP contribution in [0.2, 0.25) is 0 Å². The fraction of sp³-hybridized carbons (Fsp3) is 0.881. The molecule has 0 saturated heterocycles. The summed E-state index contributed by atoms with van der Waals surface area (Å²) in [7, 11) is 1.25. The van der Waals surface area contributed by atoms with Crippen molar-refractivity contribution < 1.29 is 32.9 Å². The van der Waals surface area contributed by atoms with Crippen LogP contribution in [-0.2, 0) is 18.4 Å². The van der Waals surface area contributed by atoms with Crippen molar-refractivity contribution in [2.75, 3.05) is 40.9 Å². The largest absolute Gasteiger partial charge is 0.756 e. The molecule has 0 aromatic heterocycles. The molecule has 0 fully saturated rings. The minimum Gasteiger partial charge on any atom is -0.756 e. The molecule has 0 spiro atoms. The number of hydrogen-bond acceptors (Lipinski definition) is 6. The molecule has 0 aliphatic heterocycles. The topological polar surface area (TPSA) is 108 Å². The molecule has 2 N–H and O–H groups in total. The third-order valence-corrected chi connectivity index (χ3v) is 14.3. The first-order valence-electron chi connectivity index (χ1n) is 29.4. The van der Waals surface area contributed by atoms with Gasteiger partial charge in [0.2, 0.25) is 5.91 Å². The van der Waals surface area contributed by atoms with E-state index >= 15 is 0 Å². The minimum absolute atomic E-state index is 0.00535. The van der Waals surface area contributed by atoms with Gasteiger partial charge in [-0.05, 0) is 57.8 Å². The van der Waals surface area contributed by atoms with E-state index in [2.05, 4.69) is 43.5 Å². The van der Waals surface area contributed by atoms with Crippen LogP contribution < -0.4 is 10.2 Å². The van der Waals surface area contributed by atoms with E-state index in [1.165, 1.54) is 225 Å². The van der Waals surface area contributed by atoms with Crippen LogP contribution in [0.5, 0.6) is 0 Å². The number of phosphoric acid groups is 1. The van der Waals surface area contributed by atoms with Crippen molar-refractivity contribution in [2.45, 2.75) is 296 Å². The lowest BCUT2D eigenvalue weighted by molar-refractivity contribution is -0.870. The van der Waals surface area contributed by atoms with Gasteiger partial charge in [-0.25, -0.2) is 0 Å². The molecule has 9 heteroatoms. The number of rotatable bonds is 54. The van der Waals surface area contributed by atoms with Crippen molar-refractivity contribution in [2.24, 2.45) is 0 Å². The number of aliphatic hydroxyl groups excluding tert-OH is 1. The molecule has 0 aromatic carbocycles. The quantitative estimate of drug-likeness (QED) is 0.0272. The van der Waals surface area contributed by atoms with E-state index in [1.807, 2.05) is 27.2 Å². The summed E-state index contributed by atoms with van der Waals surface area (Å²) in [5.41, 5.74) is 0. The van der Waals surface area contributed by atoms with E-state index in [0.717, 1.165) is 38.5 Å². The summed E-state index contributed by atoms with van der Waals surface area (Å²) in [5.74, 6) is -0.204. The predicted octanol–water partition coefficient (Wildman–Crippen LogP) is 17.1. The van der Waals surface area contributed by atoms with Gasteiger partial charge in [0, 0.05) is 6.42 Å². The molecule has 8 nitrogen and oxygen atoms in total. The highest BCUT2D eigenvalue weighted by atomic mass is 31.2. The van der Waals surface area contributed by atoms with Crippen molar-refractivity contribution in [1.29, 1.82) is 0 Å². The predicted molar refractivity (Wildman–Crippen MR) is 293 cm³/mol. The highest BCUT2D eigenvalue weighted by molar-refractivity contribution is 7.45. The molecule has 0 aliphatic carbocycles. The molecule has 0 aliphatic rings. The number of hydrogen-bond donors (Lipinski definition) is 2. The number of amides is 1. The van der Waals surface area contributed by atoms with Crippen LogP contribution in [0.25, 0.3) is 0 Å². The van der Waals surface area contributed by atoms with Gasteiger partial charge in [0.05, 0.1) is 39.9 Å². The molecular weight excluding hydrogens is 864 g/mol. The Morgan fingerprint density at radius 3 is 1.19 bits per heavy atom. The number of nitrogens with zero attached hydrogens (tertiary/aromatic N) is 1. The number of allylic oxidation sites excluding steroid dienone is 5. The van der Waals surface area contributed by atoms with Crippen molar-refractivity contribution in [3.8, 4) is 0 Å². The molecule has 3 atom stereocenters. The average molecular weight is 980 g/mol. The van der Waals surface area contributed by atoms with Gasteiger partial charge in [-0.1, -0.05) is 256 Å². The Morgan fingerprint density at radius 1 is 0.500 bits per heavy atom. The zero-order chi connectivity index (χ0) is 49.9. The second-order valence-corrected chi connectivity index (χ2v) is 22.8. The SMILES string of the molecule is CCCCCCCCCCCC/C=C/CC/C=C/C(O)C(COP(=O)([O-])OCC[N+](C)(C)C)NC(=O)CCCCCCCCCCCCCCCC/C=C\CCCCCCCCCCCCCC. The molecule has 0 aromatic rings. The van der Waals surface area contributed by atoms with Crippen LogP contribution in [0.4, 0.5) is 0 Å². The summed E-state index contributed by atoms with van der Waals surface area (Å²) in [5, 5.41) is 13.8. The standard InChI is InChI=1S/C59H115N2O6P/c1-6-8-10-12-14-16-18-20-22-24-25-26-27-28-29-30-31-32-33-34-35-36-37-39-41-43-45-47-49-51-53-59(63)60-57(56-67-68(64,65)66-55-54-61(3,4)5)58(62)52-50-48-46-44-42-40-38-23-21-19-17-15-13-11-9-7-2/h28-29,42,44,50,52,57-58,62H,6-27,30-41,43,45-49,51,53-56H2,1-5H3,(H-,60,63,64,65)/b29-28-,44-42+,52-50+. The fourth-order valence-electron chi connectivity index (χ4n) is 8.70. The number of aliphatic hydroxyl groups is 1. The first kappa shape index (κ1) is 66.7. The highest BCUT2D eigenvalue weighted by Crippen LogP contribution is 2.38. The number of quaternary nitrogens is 1. The van der Waals surface area contributed by atoms with Crippen LogP contribution in [-0.4, -0.2) is 68.5 Å². The van der Waals surface area contributed by atoms with Crippen LogP contribution in [0.1, 0.15) is 284 Å². The van der Waals surface area contributed by atoms with Gasteiger partial charge >= 0.3 is 0 Å². The summed E-state index contributed by atoms with van der Waals surface area (Å²) >= 11 is 0. The average Bonchev–Trinajstić information content (AvgIpc) is 3.30. The Labute approximate surface area is 423 Å². The Kier molecular flexibility index (Phi) is 49.7. The maximum absolute atomic E-state index is 13.0. The van der Waals surface area contributed by atoms with Crippen molar-refractivity contribution in [1.82, 2.24) is 5.32 Å². The van der Waals surface area contributed by atoms with E-state index in [0.29, 0.717) is 17.4 Å². The Morgan fingerprint density at radius 2 is 0.824 bits per heavy atom. The van der Waals surface area contributed by atoms with Gasteiger partial charge in [0.15, 0.2) is 0 Å². The number of likely N-dealkylation sites (N-methyl/N-ethyl adjacent to an activating group) is 1. The summed E-state index contributed by atoms with van der Waals surface area (Å²) < 4.78 is 23.3. The zero-order valence-electron chi connectivity index (χ0n) is 45.8. The number of unbranched alkanes of at least 4 members (excludes halogenated alkanes) is 37. The second kappa shape index (κ2) is 50.7. The lowest BCUT2D eigenvalue weighted by atomic mass is 10.0. The third kappa shape index (κ3) is 52.5. The summed E-state index contributed by atoms with van der Waals surface area (Å²) in [4.78, 5) is 25.5. The second-order valence-electron chi connectivity index (χ2n) is 21.3. The fourth-order valence-corrected chi connectivity index (χ4v) is 9.42. The number of nitrogens with one attached hydrogen (secondary N) is 1. The summed E-state index contributed by atoms with van der Waals surface area (Å²) in [6.45, 7) is 4.66. The lowest BCUT2D eigenvalue weighted by Crippen LogP contribution is -2.45. The maximum atomic E-state index is 13.0. The van der Waals surface area contributed by atoms with E-state index < -0.39 is 26.6 Å². The van der Waals surface area contributed by atoms with Crippen LogP contribution in [0, 0.1) is 0 Å². The summed E-state index contributed by atoms with van der Waals surface area (Å²) in [6.07, 6.45) is 65.2. The van der Waals surface area contributed by atoms with Gasteiger partial charge in [-0.15, -0.1) is 0 Å². The molecule has 402 valence electrons. The molecular formula is C59H115N2O6P. The van der Waals surface area contributed by atoms with Gasteiger partial charge in [0.1, 0.15) is 13.2 Å². The molecule has 3 unspecified atom stereocenters. The lowest BCUT2D eigenvalue weighted by Gasteiger charge is -2.29. The highest BCUT2D eigenvalue weighted by Gasteiger charge is 2.23. The zero-order valence-corrected chi connectivity index (χ0v) is 46.7. The normalized spacial score (nSPS) is 14.2. The van der Waals surface area contributed by atoms with Crippen LogP contribution in [0.15, 0.2) is 36.5 Å². The van der Waals surface area contributed by atoms with E-state index in [9.17, 15) is 19.4 Å². The van der Waals surface area contributed by atoms with Crippen LogP contribution in [0.3, 0.4) is 0 Å². The first-order valence-corrected chi connectivity index (χ1v) is 30.8. The number of phosphoric ester groups is 1. The van der Waals surface area contributed by atoms with Gasteiger partial charge in [0.25, 0.3) is 7.82 Å². The smallest absolute Gasteiger partial charge is 0.268 e. The number of carbonyl (C=O) groups is 1. The van der Waals surface area contributed by atoms with Gasteiger partial charge in [-0.2, -0.15) is 0 Å². The Balaban J connectivity index is 4.11. The Bertz CT molecular complexity index is 1200. The Hall–Kier alpha value is -1.28. The van der Waals surface area contributed by atoms with E-state index in [1.54, 1.807) is 6.08 Å². The number of carbonyl (C=O) groups excluding carboxylic acids is 1. The molecule has 0 rings (SSSR count). The van der Waals surface area contributed by atoms with Crippen molar-refractivity contribution >= 4 is 13.7 Å². The molecule has 0 bridgehead atoms. The van der Waals surface area contributed by atoms with E-state index in [-0.39, 0.29) is 12.5 Å². The maximum Gasteiger partial charge on any atom is 0.268 e. The molecule has 0 saturated carbocycles. The molecule has 0 radical (unpaired) electrons. The van der Waals surface area contributed by atoms with Crippen molar-refractivity contribution in [3.63, 3.8) is 0 Å². The van der Waals surface area contributed by atoms with Gasteiger partial charge < -0.3 is 28.8 Å². The first-order chi connectivity index (χ1) is 33.0. The van der Waals surface area contributed by atoms with Crippen molar-refractivity contribution in [3.05, 3.63) is 36.5 Å². The van der Waals surface area contributed by atoms with Gasteiger partial charge in [-0.3, -0.25) is 9.36 Å². The third-order valence-electron chi connectivity index (χ3n) is 13.3. The molecule has 0 heterocycles. The summed E-state index contributed by atoms with van der Waals surface area (Å²) in [6, 6.07) is -0.902. The molecule has 68 heavy (non-hydrogen) atoms.